The fourth-order valence-corrected chi connectivity index (χ4v) is 2.62. The number of aromatic amines is 1. The van der Waals surface area contributed by atoms with Gasteiger partial charge in [-0.15, -0.1) is 0 Å². The van der Waals surface area contributed by atoms with E-state index in [9.17, 15) is 0 Å². The van der Waals surface area contributed by atoms with Gasteiger partial charge in [0.15, 0.2) is 11.5 Å². The van der Waals surface area contributed by atoms with E-state index < -0.39 is 0 Å². The minimum atomic E-state index is 0.268. The van der Waals surface area contributed by atoms with Gasteiger partial charge < -0.3 is 9.47 Å². The highest BCUT2D eigenvalue weighted by molar-refractivity contribution is 5.80. The first-order valence-electron chi connectivity index (χ1n) is 7.38. The highest BCUT2D eigenvalue weighted by Crippen LogP contribution is 2.38. The zero-order valence-corrected chi connectivity index (χ0v) is 12.6. The van der Waals surface area contributed by atoms with Crippen LogP contribution in [0.3, 0.4) is 0 Å². The molecule has 0 aliphatic carbocycles. The summed E-state index contributed by atoms with van der Waals surface area (Å²) < 4.78 is 10.8. The molecule has 0 atom stereocenters. The lowest BCUT2D eigenvalue weighted by atomic mass is 10.0. The number of hydrogen-bond donors (Lipinski definition) is 1. The third-order valence-corrected chi connectivity index (χ3v) is 3.69. The van der Waals surface area contributed by atoms with E-state index in [0.717, 1.165) is 39.7 Å². The Labute approximate surface area is 133 Å². The van der Waals surface area contributed by atoms with E-state index in [4.69, 9.17) is 9.47 Å². The first-order valence-corrected chi connectivity index (χ1v) is 7.38. The summed E-state index contributed by atoms with van der Waals surface area (Å²) in [7, 11) is 0. The molecule has 1 aromatic carbocycles. The number of pyridine rings is 1. The van der Waals surface area contributed by atoms with Crippen molar-refractivity contribution >= 4 is 6.08 Å². The monoisotopic (exact) mass is 305 g/mol. The van der Waals surface area contributed by atoms with Crippen molar-refractivity contribution in [3.8, 4) is 34.0 Å². The summed E-state index contributed by atoms with van der Waals surface area (Å²) in [5, 5.41) is 7.24. The summed E-state index contributed by atoms with van der Waals surface area (Å²) in [5.41, 5.74) is 4.64. The van der Waals surface area contributed by atoms with Gasteiger partial charge in [-0.05, 0) is 42.8 Å². The van der Waals surface area contributed by atoms with Crippen molar-refractivity contribution in [1.29, 1.82) is 0 Å². The number of ether oxygens (including phenoxy) is 2. The maximum atomic E-state index is 5.46. The van der Waals surface area contributed by atoms with Crippen LogP contribution >= 0.6 is 0 Å². The molecule has 23 heavy (non-hydrogen) atoms. The van der Waals surface area contributed by atoms with Crippen LogP contribution in [0.1, 0.15) is 12.6 Å². The van der Waals surface area contributed by atoms with Gasteiger partial charge >= 0.3 is 0 Å². The summed E-state index contributed by atoms with van der Waals surface area (Å²) in [5.74, 6) is 1.53. The zero-order chi connectivity index (χ0) is 15.6. The average Bonchev–Trinajstić information content (AvgIpc) is 3.24. The molecule has 0 unspecified atom stereocenters. The van der Waals surface area contributed by atoms with Gasteiger partial charge in [-0.3, -0.25) is 5.10 Å². The van der Waals surface area contributed by atoms with Crippen LogP contribution in [0.4, 0.5) is 0 Å². The minimum Gasteiger partial charge on any atom is -0.454 e. The number of nitrogens with one attached hydrogen (secondary N) is 1. The molecule has 0 amide bonds. The Kier molecular flexibility index (Phi) is 3.31. The quantitative estimate of drug-likeness (QED) is 0.797. The smallest absolute Gasteiger partial charge is 0.231 e. The lowest BCUT2D eigenvalue weighted by Gasteiger charge is -2.05. The number of benzene rings is 1. The summed E-state index contributed by atoms with van der Waals surface area (Å²) in [6, 6.07) is 11.8. The number of nitrogens with zero attached hydrogens (tertiary/aromatic N) is 2. The average molecular weight is 305 g/mol. The lowest BCUT2D eigenvalue weighted by molar-refractivity contribution is 0.174. The highest BCUT2D eigenvalue weighted by Gasteiger charge is 2.17. The lowest BCUT2D eigenvalue weighted by Crippen LogP contribution is -1.92. The Balaban J connectivity index is 1.78. The molecule has 0 saturated carbocycles. The van der Waals surface area contributed by atoms with Crippen molar-refractivity contribution in [2.24, 2.45) is 0 Å². The molecule has 4 rings (SSSR count). The number of hydrogen-bond acceptors (Lipinski definition) is 4. The van der Waals surface area contributed by atoms with E-state index in [0.29, 0.717) is 0 Å². The Hall–Kier alpha value is -3.08. The van der Waals surface area contributed by atoms with Gasteiger partial charge in [-0.1, -0.05) is 18.2 Å². The largest absolute Gasteiger partial charge is 0.454 e. The summed E-state index contributed by atoms with van der Waals surface area (Å²) in [6.45, 7) is 2.24. The molecule has 114 valence electrons. The van der Waals surface area contributed by atoms with E-state index in [1.165, 1.54) is 0 Å². The molecule has 0 bridgehead atoms. The van der Waals surface area contributed by atoms with Crippen molar-refractivity contribution in [2.75, 3.05) is 6.79 Å². The normalized spacial score (nSPS) is 12.9. The molecule has 3 aromatic rings. The predicted octanol–water partition coefficient (Wildman–Crippen LogP) is 3.90. The van der Waals surface area contributed by atoms with Crippen LogP contribution in [0.2, 0.25) is 0 Å². The number of rotatable bonds is 3. The third kappa shape index (κ3) is 2.46. The van der Waals surface area contributed by atoms with Crippen LogP contribution in [-0.2, 0) is 0 Å². The molecule has 0 saturated heterocycles. The van der Waals surface area contributed by atoms with Crippen LogP contribution in [0.15, 0.2) is 48.7 Å². The SMILES string of the molecule is C/C=C/c1cccc(-c2[nH]ncc2-c2ccc3c(c2)OCO3)n1. The number of H-pyrrole nitrogens is 1. The Bertz CT molecular complexity index is 883. The molecule has 1 N–H and O–H groups in total. The van der Waals surface area contributed by atoms with Crippen molar-refractivity contribution in [3.63, 3.8) is 0 Å². The van der Waals surface area contributed by atoms with E-state index in [2.05, 4.69) is 15.2 Å². The highest BCUT2D eigenvalue weighted by atomic mass is 16.7. The van der Waals surface area contributed by atoms with E-state index in [1.807, 2.05) is 55.5 Å². The van der Waals surface area contributed by atoms with Crippen LogP contribution < -0.4 is 9.47 Å². The Morgan fingerprint density at radius 1 is 1.13 bits per heavy atom. The molecule has 5 heteroatoms. The van der Waals surface area contributed by atoms with Crippen molar-refractivity contribution < 1.29 is 9.47 Å². The van der Waals surface area contributed by atoms with Gasteiger partial charge in [0, 0.05) is 5.56 Å². The molecule has 5 nitrogen and oxygen atoms in total. The summed E-state index contributed by atoms with van der Waals surface area (Å²) >= 11 is 0. The first kappa shape index (κ1) is 13.6. The first-order chi connectivity index (χ1) is 11.3. The van der Waals surface area contributed by atoms with Gasteiger partial charge in [-0.25, -0.2) is 4.98 Å². The van der Waals surface area contributed by atoms with Crippen molar-refractivity contribution in [1.82, 2.24) is 15.2 Å². The van der Waals surface area contributed by atoms with Gasteiger partial charge in [0.25, 0.3) is 0 Å². The topological polar surface area (TPSA) is 60.0 Å². The predicted molar refractivity (Wildman–Crippen MR) is 88.1 cm³/mol. The third-order valence-electron chi connectivity index (χ3n) is 3.69. The van der Waals surface area contributed by atoms with Crippen LogP contribution in [-0.4, -0.2) is 22.0 Å². The molecule has 1 aliphatic heterocycles. The molecule has 3 heterocycles. The minimum absolute atomic E-state index is 0.268. The molecule has 0 fully saturated rings. The van der Waals surface area contributed by atoms with E-state index >= 15 is 0 Å². The standard InChI is InChI=1S/C18H15N3O2/c1-2-4-13-5-3-6-15(20-13)18-14(10-19-21-18)12-7-8-16-17(9-12)23-11-22-16/h2-10H,11H2,1H3,(H,19,21)/b4-2+. The molecule has 0 spiro atoms. The van der Waals surface area contributed by atoms with Gasteiger partial charge in [0.1, 0.15) is 0 Å². The van der Waals surface area contributed by atoms with Crippen LogP contribution in [0, 0.1) is 0 Å². The van der Waals surface area contributed by atoms with Crippen LogP contribution in [0.25, 0.3) is 28.6 Å². The zero-order valence-electron chi connectivity index (χ0n) is 12.6. The number of fused-ring (bicyclic) bond motifs is 1. The van der Waals surface area contributed by atoms with Crippen molar-refractivity contribution in [3.05, 3.63) is 54.4 Å². The maximum absolute atomic E-state index is 5.46. The van der Waals surface area contributed by atoms with Crippen molar-refractivity contribution in [2.45, 2.75) is 6.92 Å². The molecular weight excluding hydrogens is 290 g/mol. The Morgan fingerprint density at radius 3 is 2.96 bits per heavy atom. The summed E-state index contributed by atoms with van der Waals surface area (Å²) in [6.07, 6.45) is 5.74. The van der Waals surface area contributed by atoms with Crippen LogP contribution in [0.5, 0.6) is 11.5 Å². The number of allylic oxidation sites excluding steroid dienone is 1. The molecule has 2 aromatic heterocycles. The number of aromatic nitrogens is 3. The second kappa shape index (κ2) is 5.61. The second-order valence-electron chi connectivity index (χ2n) is 5.17. The van der Waals surface area contributed by atoms with Gasteiger partial charge in [-0.2, -0.15) is 5.10 Å². The fraction of sp³-hybridized carbons (Fsp3) is 0.111. The maximum Gasteiger partial charge on any atom is 0.231 e. The second-order valence-corrected chi connectivity index (χ2v) is 5.17. The Morgan fingerprint density at radius 2 is 2.04 bits per heavy atom. The molecule has 1 aliphatic rings. The van der Waals surface area contributed by atoms with Gasteiger partial charge in [0.2, 0.25) is 6.79 Å². The summed E-state index contributed by atoms with van der Waals surface area (Å²) in [4.78, 5) is 4.65. The fourth-order valence-electron chi connectivity index (χ4n) is 2.62. The van der Waals surface area contributed by atoms with Gasteiger partial charge in [0.05, 0.1) is 23.3 Å². The van der Waals surface area contributed by atoms with E-state index in [1.54, 1.807) is 6.20 Å². The van der Waals surface area contributed by atoms with E-state index in [-0.39, 0.29) is 6.79 Å². The molecular formula is C18H15N3O2. The molecule has 0 radical (unpaired) electrons.